The van der Waals surface area contributed by atoms with E-state index in [4.69, 9.17) is 0 Å². The Labute approximate surface area is 214 Å². The molecule has 31 heavy (non-hydrogen) atoms. The maximum Gasteiger partial charge on any atom is 0.161 e. The Kier molecular flexibility index (Phi) is 8.04. The van der Waals surface area contributed by atoms with E-state index in [-0.39, 0.29) is 41.1 Å². The number of pyridine rings is 3. The van der Waals surface area contributed by atoms with Crippen molar-refractivity contribution in [2.75, 3.05) is 0 Å². The standard InChI is InChI=1S/C25H28N3Si.B.Y/c1-19-23(14-22(17-27-19)21-8-6-10-26-16-21)24-15-20-9-7-13-29(11-4-3-5-12-29)25(20)18-28(24)2;;/h6,10,15-18H,3-5,7,9,11-13H2,1-2H3;;/q-1;;. The van der Waals surface area contributed by atoms with E-state index in [1.165, 1.54) is 55.9 Å². The first-order chi connectivity index (χ1) is 14.2. The molecule has 6 heteroatoms. The average molecular weight is 498 g/mol. The topological polar surface area (TPSA) is 29.7 Å². The summed E-state index contributed by atoms with van der Waals surface area (Å²) in [7, 11) is 0.917. The van der Waals surface area contributed by atoms with Crippen LogP contribution in [0.5, 0.6) is 0 Å². The van der Waals surface area contributed by atoms with Crippen LogP contribution in [-0.2, 0) is 46.2 Å². The number of fused-ring (bicyclic) bond motifs is 2. The van der Waals surface area contributed by atoms with E-state index < -0.39 is 8.07 Å². The van der Waals surface area contributed by atoms with Gasteiger partial charge in [-0.25, -0.2) is 4.57 Å². The van der Waals surface area contributed by atoms with Gasteiger partial charge in [0.2, 0.25) is 0 Å². The van der Waals surface area contributed by atoms with Gasteiger partial charge in [0.1, 0.15) is 12.7 Å². The van der Waals surface area contributed by atoms with E-state index in [1.807, 2.05) is 18.5 Å². The largest absolute Gasteiger partial charge is 0.368 e. The van der Waals surface area contributed by atoms with Gasteiger partial charge in [0, 0.05) is 46.3 Å². The second-order valence-corrected chi connectivity index (χ2v) is 13.4. The van der Waals surface area contributed by atoms with Crippen LogP contribution in [0.15, 0.2) is 36.9 Å². The van der Waals surface area contributed by atoms with E-state index >= 15 is 0 Å². The molecule has 0 saturated carbocycles. The van der Waals surface area contributed by atoms with Crippen molar-refractivity contribution in [2.24, 2.45) is 7.05 Å². The Morgan fingerprint density at radius 2 is 1.81 bits per heavy atom. The van der Waals surface area contributed by atoms with Crippen LogP contribution in [-0.4, -0.2) is 26.5 Å². The van der Waals surface area contributed by atoms with Crippen LogP contribution in [0.3, 0.4) is 0 Å². The molecule has 5 heterocycles. The van der Waals surface area contributed by atoms with Crippen molar-refractivity contribution in [2.45, 2.75) is 57.2 Å². The Bertz CT molecular complexity index is 1050. The molecule has 0 aromatic carbocycles. The molecular weight excluding hydrogens is 470 g/mol. The monoisotopic (exact) mass is 498 g/mol. The second kappa shape index (κ2) is 10.2. The Balaban J connectivity index is 0.00000136. The summed E-state index contributed by atoms with van der Waals surface area (Å²) < 4.78 is 2.34. The molecule has 5 rings (SSSR count). The van der Waals surface area contributed by atoms with Crippen molar-refractivity contribution in [3.8, 4) is 22.4 Å². The van der Waals surface area contributed by atoms with Crippen LogP contribution in [0.1, 0.15) is 36.9 Å². The first-order valence-corrected chi connectivity index (χ1v) is 13.5. The van der Waals surface area contributed by atoms with Gasteiger partial charge < -0.3 is 9.97 Å². The zero-order valence-electron chi connectivity index (χ0n) is 18.6. The van der Waals surface area contributed by atoms with Crippen molar-refractivity contribution in [3.63, 3.8) is 0 Å². The number of hydrogen-bond donors (Lipinski definition) is 0. The molecule has 154 valence electrons. The minimum absolute atomic E-state index is 0. The third-order valence-corrected chi connectivity index (χ3v) is 12.5. The van der Waals surface area contributed by atoms with Gasteiger partial charge in [-0.15, -0.1) is 6.07 Å². The Morgan fingerprint density at radius 1 is 1.03 bits per heavy atom. The Morgan fingerprint density at radius 3 is 2.55 bits per heavy atom. The number of nitrogens with zero attached hydrogens (tertiary/aromatic N) is 3. The van der Waals surface area contributed by atoms with E-state index in [0.717, 1.165) is 22.4 Å². The predicted octanol–water partition coefficient (Wildman–Crippen LogP) is 3.95. The number of hydrogen-bond acceptors (Lipinski definition) is 2. The fourth-order valence-electron chi connectivity index (χ4n) is 5.47. The molecule has 0 bridgehead atoms. The normalized spacial score (nSPS) is 16.7. The van der Waals surface area contributed by atoms with Crippen LogP contribution in [0.2, 0.25) is 18.1 Å². The summed E-state index contributed by atoms with van der Waals surface area (Å²) in [5.74, 6) is 0. The van der Waals surface area contributed by atoms with E-state index in [0.29, 0.717) is 0 Å². The van der Waals surface area contributed by atoms with Gasteiger partial charge in [0.05, 0.1) is 8.07 Å². The van der Waals surface area contributed by atoms with Crippen LogP contribution >= 0.6 is 0 Å². The van der Waals surface area contributed by atoms with Crippen molar-refractivity contribution in [3.05, 3.63) is 60.3 Å². The summed E-state index contributed by atoms with van der Waals surface area (Å²) in [4.78, 5) is 8.91. The van der Waals surface area contributed by atoms with Crippen molar-refractivity contribution >= 4 is 21.7 Å². The first kappa shape index (κ1) is 24.5. The summed E-state index contributed by atoms with van der Waals surface area (Å²) >= 11 is 0. The van der Waals surface area contributed by atoms with E-state index in [9.17, 15) is 0 Å². The summed E-state index contributed by atoms with van der Waals surface area (Å²) in [6, 6.07) is 15.7. The number of aromatic nitrogens is 3. The third kappa shape index (κ3) is 4.65. The van der Waals surface area contributed by atoms with Gasteiger partial charge in [-0.2, -0.15) is 23.3 Å². The molecule has 4 radical (unpaired) electrons. The molecule has 3 nitrogen and oxygen atoms in total. The van der Waals surface area contributed by atoms with Crippen molar-refractivity contribution in [1.82, 2.24) is 9.97 Å². The minimum atomic E-state index is -1.28. The fraction of sp³-hybridized carbons (Fsp3) is 0.400. The minimum Gasteiger partial charge on any atom is -0.368 e. The molecule has 3 aromatic heterocycles. The molecule has 1 fully saturated rings. The summed E-state index contributed by atoms with van der Waals surface area (Å²) in [6.45, 7) is 2.08. The SMILES string of the molecule is Cc1ncc(-c2[c-]ccnc2)[c-]c1-c1cc2c(c[n+]1C)[Si]1(CCCCC1)CCC2.[B].[Y]. The van der Waals surface area contributed by atoms with Crippen LogP contribution in [0.4, 0.5) is 0 Å². The van der Waals surface area contributed by atoms with E-state index in [2.05, 4.69) is 52.9 Å². The molecule has 1 spiro atoms. The molecule has 0 unspecified atom stereocenters. The van der Waals surface area contributed by atoms with Gasteiger partial charge in [-0.05, 0) is 29.3 Å². The van der Waals surface area contributed by atoms with Crippen molar-refractivity contribution < 1.29 is 37.3 Å². The quantitative estimate of drug-likeness (QED) is 0.305. The number of rotatable bonds is 2. The van der Waals surface area contributed by atoms with Crippen LogP contribution < -0.4 is 9.75 Å². The van der Waals surface area contributed by atoms with Gasteiger partial charge in [-0.1, -0.05) is 69.3 Å². The molecule has 3 aromatic rings. The predicted molar refractivity (Wildman–Crippen MR) is 124 cm³/mol. The molecular formula is C25H28BN3SiY-. The summed E-state index contributed by atoms with van der Waals surface area (Å²) in [5.41, 5.74) is 6.83. The second-order valence-electron chi connectivity index (χ2n) is 8.81. The average Bonchev–Trinajstić information content (AvgIpc) is 2.76. The molecule has 0 N–H and O–H groups in total. The van der Waals surface area contributed by atoms with Crippen LogP contribution in [0.25, 0.3) is 22.4 Å². The zero-order valence-corrected chi connectivity index (χ0v) is 22.5. The zero-order chi connectivity index (χ0) is 19.8. The van der Waals surface area contributed by atoms with Gasteiger partial charge in [-0.3, -0.25) is 0 Å². The van der Waals surface area contributed by atoms with E-state index in [1.54, 1.807) is 16.9 Å². The third-order valence-electron chi connectivity index (χ3n) is 7.00. The molecule has 1 saturated heterocycles. The fourth-order valence-corrected chi connectivity index (χ4v) is 11.1. The summed E-state index contributed by atoms with van der Waals surface area (Å²) in [5, 5.41) is 1.75. The summed E-state index contributed by atoms with van der Waals surface area (Å²) in [6.07, 6.45) is 14.9. The van der Waals surface area contributed by atoms with Crippen molar-refractivity contribution in [1.29, 1.82) is 0 Å². The molecule has 2 aliphatic heterocycles. The number of aryl methyl sites for hydroxylation is 3. The maximum atomic E-state index is 4.68. The molecule has 0 aliphatic carbocycles. The first-order valence-electron chi connectivity index (χ1n) is 10.9. The molecule has 0 atom stereocenters. The van der Waals surface area contributed by atoms with Gasteiger partial charge in [0.15, 0.2) is 6.20 Å². The molecule has 2 aliphatic rings. The molecule has 0 amide bonds. The maximum absolute atomic E-state index is 4.68. The Hall–Kier alpha value is -1.16. The smallest absolute Gasteiger partial charge is 0.161 e. The van der Waals surface area contributed by atoms with Crippen LogP contribution in [0, 0.1) is 19.1 Å². The van der Waals surface area contributed by atoms with Gasteiger partial charge >= 0.3 is 0 Å². The van der Waals surface area contributed by atoms with Gasteiger partial charge in [0.25, 0.3) is 0 Å².